The molecule has 1 aromatic rings. The normalized spacial score (nSPS) is 21.5. The summed E-state index contributed by atoms with van der Waals surface area (Å²) in [6, 6.07) is 0.256. The molecule has 0 amide bonds. The molecule has 0 aromatic carbocycles. The van der Waals surface area contributed by atoms with Gasteiger partial charge in [-0.1, -0.05) is 20.8 Å². The van der Waals surface area contributed by atoms with Crippen molar-refractivity contribution in [2.75, 3.05) is 12.8 Å². The minimum absolute atomic E-state index is 0.0907. The monoisotopic (exact) mass is 297 g/mol. The lowest BCUT2D eigenvalue weighted by molar-refractivity contribution is 0.255. The smallest absolute Gasteiger partial charge is 0.154 e. The molecule has 0 fully saturated rings. The van der Waals surface area contributed by atoms with E-state index in [4.69, 9.17) is 0 Å². The summed E-state index contributed by atoms with van der Waals surface area (Å²) in [6.45, 7) is 7.42. The Labute approximate surface area is 121 Å². The number of sulfone groups is 1. The quantitative estimate of drug-likeness (QED) is 0.915. The molecule has 6 heteroatoms. The van der Waals surface area contributed by atoms with E-state index in [1.54, 1.807) is 6.20 Å². The van der Waals surface area contributed by atoms with Crippen LogP contribution in [0.4, 0.5) is 0 Å². The molecule has 1 aliphatic rings. The summed E-state index contributed by atoms with van der Waals surface area (Å²) >= 11 is 0. The molecule has 1 heterocycles. The third-order valence-corrected chi connectivity index (χ3v) is 4.35. The maximum Gasteiger partial charge on any atom is 0.154 e. The fourth-order valence-corrected chi connectivity index (χ4v) is 3.43. The molecule has 1 aromatic heterocycles. The molecule has 112 valence electrons. The van der Waals surface area contributed by atoms with Gasteiger partial charge in [0.1, 0.15) is 11.6 Å². The molecule has 2 rings (SSSR count). The van der Waals surface area contributed by atoms with Crippen LogP contribution in [0.3, 0.4) is 0 Å². The SMILES string of the molecule is CCNC1CC(C)(C)Cc2nc(CS(C)(=O)=O)ncc21. The highest BCUT2D eigenvalue weighted by Crippen LogP contribution is 2.39. The fraction of sp³-hybridized carbons (Fsp3) is 0.714. The minimum atomic E-state index is -3.10. The van der Waals surface area contributed by atoms with Crippen LogP contribution in [0.1, 0.15) is 50.3 Å². The van der Waals surface area contributed by atoms with Gasteiger partial charge in [0.15, 0.2) is 9.84 Å². The van der Waals surface area contributed by atoms with Crippen LogP contribution in [-0.4, -0.2) is 31.2 Å². The van der Waals surface area contributed by atoms with Crippen molar-refractivity contribution in [2.24, 2.45) is 5.41 Å². The van der Waals surface area contributed by atoms with Crippen LogP contribution in [0.2, 0.25) is 0 Å². The van der Waals surface area contributed by atoms with Crippen LogP contribution in [0.15, 0.2) is 6.20 Å². The van der Waals surface area contributed by atoms with Crippen molar-refractivity contribution in [2.45, 2.75) is 45.4 Å². The molecule has 5 nitrogen and oxygen atoms in total. The second-order valence-corrected chi connectivity index (χ2v) is 8.55. The summed E-state index contributed by atoms with van der Waals surface area (Å²) < 4.78 is 22.7. The molecule has 1 N–H and O–H groups in total. The first kappa shape index (κ1) is 15.4. The molecular formula is C14H23N3O2S. The van der Waals surface area contributed by atoms with E-state index in [2.05, 4.69) is 36.1 Å². The Morgan fingerprint density at radius 2 is 2.15 bits per heavy atom. The summed E-state index contributed by atoms with van der Waals surface area (Å²) in [6.07, 6.45) is 4.92. The number of fused-ring (bicyclic) bond motifs is 1. The fourth-order valence-electron chi connectivity index (χ4n) is 2.82. The average Bonchev–Trinajstić information content (AvgIpc) is 2.24. The van der Waals surface area contributed by atoms with Crippen molar-refractivity contribution in [3.8, 4) is 0 Å². The molecule has 0 spiro atoms. The molecule has 0 saturated heterocycles. The summed E-state index contributed by atoms with van der Waals surface area (Å²) in [7, 11) is -3.10. The van der Waals surface area contributed by atoms with Gasteiger partial charge in [0, 0.05) is 29.8 Å². The second-order valence-electron chi connectivity index (χ2n) is 6.41. The Balaban J connectivity index is 2.36. The minimum Gasteiger partial charge on any atom is -0.310 e. The van der Waals surface area contributed by atoms with E-state index < -0.39 is 9.84 Å². The number of rotatable bonds is 4. The molecule has 0 saturated carbocycles. The third kappa shape index (κ3) is 3.76. The second kappa shape index (κ2) is 5.41. The van der Waals surface area contributed by atoms with Crippen molar-refractivity contribution in [1.82, 2.24) is 15.3 Å². The van der Waals surface area contributed by atoms with Crippen molar-refractivity contribution >= 4 is 9.84 Å². The van der Waals surface area contributed by atoms with E-state index in [0.29, 0.717) is 5.82 Å². The Morgan fingerprint density at radius 3 is 2.75 bits per heavy atom. The number of nitrogens with one attached hydrogen (secondary N) is 1. The predicted molar refractivity (Wildman–Crippen MR) is 79.1 cm³/mol. The first-order chi connectivity index (χ1) is 9.20. The Hall–Kier alpha value is -1.01. The van der Waals surface area contributed by atoms with E-state index in [1.165, 1.54) is 6.26 Å². The van der Waals surface area contributed by atoms with Gasteiger partial charge in [-0.2, -0.15) is 0 Å². The van der Waals surface area contributed by atoms with Gasteiger partial charge < -0.3 is 5.32 Å². The van der Waals surface area contributed by atoms with Gasteiger partial charge in [-0.3, -0.25) is 0 Å². The largest absolute Gasteiger partial charge is 0.310 e. The summed E-state index contributed by atoms with van der Waals surface area (Å²) in [5, 5.41) is 3.47. The zero-order valence-electron chi connectivity index (χ0n) is 12.6. The Bertz CT molecular complexity index is 596. The number of hydrogen-bond acceptors (Lipinski definition) is 5. The van der Waals surface area contributed by atoms with Gasteiger partial charge in [0.05, 0.1) is 0 Å². The Morgan fingerprint density at radius 1 is 1.45 bits per heavy atom. The first-order valence-corrected chi connectivity index (χ1v) is 9.02. The van der Waals surface area contributed by atoms with E-state index in [-0.39, 0.29) is 17.2 Å². The van der Waals surface area contributed by atoms with Crippen LogP contribution in [0, 0.1) is 5.41 Å². The number of nitrogens with zero attached hydrogens (tertiary/aromatic N) is 2. The molecule has 0 radical (unpaired) electrons. The van der Waals surface area contributed by atoms with E-state index in [0.717, 1.165) is 30.6 Å². The van der Waals surface area contributed by atoms with Crippen LogP contribution < -0.4 is 5.32 Å². The van der Waals surface area contributed by atoms with Gasteiger partial charge >= 0.3 is 0 Å². The average molecular weight is 297 g/mol. The van der Waals surface area contributed by atoms with Crippen LogP contribution in [0.25, 0.3) is 0 Å². The third-order valence-electron chi connectivity index (χ3n) is 3.57. The van der Waals surface area contributed by atoms with Crippen LogP contribution in [0.5, 0.6) is 0 Å². The molecule has 1 unspecified atom stereocenters. The molecule has 0 aliphatic heterocycles. The van der Waals surface area contributed by atoms with Crippen molar-refractivity contribution in [1.29, 1.82) is 0 Å². The van der Waals surface area contributed by atoms with Gasteiger partial charge in [0.25, 0.3) is 0 Å². The van der Waals surface area contributed by atoms with Crippen molar-refractivity contribution in [3.05, 3.63) is 23.3 Å². The molecule has 0 bridgehead atoms. The lowest BCUT2D eigenvalue weighted by Gasteiger charge is -2.36. The topological polar surface area (TPSA) is 72.0 Å². The van der Waals surface area contributed by atoms with Crippen LogP contribution in [-0.2, 0) is 22.0 Å². The van der Waals surface area contributed by atoms with Gasteiger partial charge in [-0.25, -0.2) is 18.4 Å². The van der Waals surface area contributed by atoms with Gasteiger partial charge in [0.2, 0.25) is 0 Å². The first-order valence-electron chi connectivity index (χ1n) is 6.96. The van der Waals surface area contributed by atoms with E-state index >= 15 is 0 Å². The lowest BCUT2D eigenvalue weighted by atomic mass is 9.74. The van der Waals surface area contributed by atoms with E-state index in [9.17, 15) is 8.42 Å². The number of aromatic nitrogens is 2. The predicted octanol–water partition coefficient (Wildman–Crippen LogP) is 1.64. The Kier molecular flexibility index (Phi) is 4.16. The standard InChI is InChI=1S/C14H23N3O2S/c1-5-15-11-6-14(2,3)7-12-10(11)8-16-13(17-12)9-20(4,18)19/h8,11,15H,5-7,9H2,1-4H3. The molecule has 1 aliphatic carbocycles. The summed E-state index contributed by atoms with van der Waals surface area (Å²) in [5.74, 6) is 0.311. The molecule has 1 atom stereocenters. The molecular weight excluding hydrogens is 274 g/mol. The zero-order chi connectivity index (χ0) is 15.0. The molecule has 20 heavy (non-hydrogen) atoms. The summed E-state index contributed by atoms with van der Waals surface area (Å²) in [5.41, 5.74) is 2.26. The maximum absolute atomic E-state index is 11.4. The lowest BCUT2D eigenvalue weighted by Crippen LogP contribution is -2.34. The van der Waals surface area contributed by atoms with Gasteiger partial charge in [-0.05, 0) is 24.8 Å². The van der Waals surface area contributed by atoms with Crippen LogP contribution >= 0.6 is 0 Å². The zero-order valence-corrected chi connectivity index (χ0v) is 13.4. The maximum atomic E-state index is 11.4. The summed E-state index contributed by atoms with van der Waals surface area (Å²) in [4.78, 5) is 8.72. The highest BCUT2D eigenvalue weighted by atomic mass is 32.2. The highest BCUT2D eigenvalue weighted by molar-refractivity contribution is 7.89. The van der Waals surface area contributed by atoms with E-state index in [1.807, 2.05) is 0 Å². The highest BCUT2D eigenvalue weighted by Gasteiger charge is 2.33. The van der Waals surface area contributed by atoms with Crippen molar-refractivity contribution in [3.63, 3.8) is 0 Å². The van der Waals surface area contributed by atoms with Crippen molar-refractivity contribution < 1.29 is 8.42 Å². The number of hydrogen-bond donors (Lipinski definition) is 1. The van der Waals surface area contributed by atoms with Gasteiger partial charge in [-0.15, -0.1) is 0 Å².